The maximum Gasteiger partial charge on any atom is 0.0571 e. The predicted molar refractivity (Wildman–Crippen MR) is 59.1 cm³/mol. The molecule has 2 nitrogen and oxygen atoms in total. The van der Waals surface area contributed by atoms with E-state index < -0.39 is 10.8 Å². The molecular weight excluding hydrogens is 250 g/mol. The molecule has 1 rings (SSSR count). The van der Waals surface area contributed by atoms with Gasteiger partial charge < -0.3 is 5.73 Å². The van der Waals surface area contributed by atoms with Crippen molar-refractivity contribution < 1.29 is 4.21 Å². The zero-order valence-electron chi connectivity index (χ0n) is 7.37. The van der Waals surface area contributed by atoms with Crippen LogP contribution in [0.3, 0.4) is 0 Å². The van der Waals surface area contributed by atoms with Gasteiger partial charge in [-0.05, 0) is 25.1 Å². The first kappa shape index (κ1) is 10.9. The molecule has 72 valence electrons. The number of hydrogen-bond donors (Lipinski definition) is 1. The second kappa shape index (κ2) is 4.88. The summed E-state index contributed by atoms with van der Waals surface area (Å²) in [7, 11) is -0.993. The SMILES string of the molecule is CC(CN)S(=O)c1cccc(Br)c1. The van der Waals surface area contributed by atoms with Crippen molar-refractivity contribution in [1.82, 2.24) is 0 Å². The standard InChI is InChI=1S/C9H12BrNOS/c1-7(6-11)13(12)9-4-2-3-8(10)5-9/h2-5,7H,6,11H2,1H3. The van der Waals surface area contributed by atoms with E-state index in [0.29, 0.717) is 6.54 Å². The molecule has 2 N–H and O–H groups in total. The van der Waals surface area contributed by atoms with Crippen LogP contribution >= 0.6 is 15.9 Å². The number of nitrogens with two attached hydrogens (primary N) is 1. The third kappa shape index (κ3) is 2.90. The van der Waals surface area contributed by atoms with E-state index in [2.05, 4.69) is 15.9 Å². The molecule has 2 atom stereocenters. The van der Waals surface area contributed by atoms with E-state index in [1.165, 1.54) is 0 Å². The lowest BCUT2D eigenvalue weighted by atomic mass is 10.4. The molecule has 0 bridgehead atoms. The van der Waals surface area contributed by atoms with Gasteiger partial charge in [0.15, 0.2) is 0 Å². The first-order valence-electron chi connectivity index (χ1n) is 4.01. The molecule has 4 heteroatoms. The van der Waals surface area contributed by atoms with E-state index in [9.17, 15) is 4.21 Å². The molecule has 0 aliphatic rings. The van der Waals surface area contributed by atoms with Gasteiger partial charge in [0.25, 0.3) is 0 Å². The molecule has 0 aliphatic heterocycles. The molecule has 0 radical (unpaired) electrons. The van der Waals surface area contributed by atoms with Gasteiger partial charge in [-0.15, -0.1) is 0 Å². The van der Waals surface area contributed by atoms with Crippen LogP contribution in [0.25, 0.3) is 0 Å². The van der Waals surface area contributed by atoms with Gasteiger partial charge in [-0.1, -0.05) is 22.0 Å². The monoisotopic (exact) mass is 261 g/mol. The largest absolute Gasteiger partial charge is 0.329 e. The van der Waals surface area contributed by atoms with Crippen LogP contribution in [-0.2, 0) is 10.8 Å². The van der Waals surface area contributed by atoms with Crippen molar-refractivity contribution in [3.05, 3.63) is 28.7 Å². The maximum atomic E-state index is 11.7. The van der Waals surface area contributed by atoms with Gasteiger partial charge in [-0.3, -0.25) is 4.21 Å². The van der Waals surface area contributed by atoms with E-state index >= 15 is 0 Å². The highest BCUT2D eigenvalue weighted by molar-refractivity contribution is 9.10. The zero-order valence-corrected chi connectivity index (χ0v) is 9.77. The Balaban J connectivity index is 2.89. The van der Waals surface area contributed by atoms with Gasteiger partial charge in [0.05, 0.1) is 10.8 Å². The highest BCUT2D eigenvalue weighted by atomic mass is 79.9. The molecule has 2 unspecified atom stereocenters. The summed E-state index contributed by atoms with van der Waals surface area (Å²) in [6.07, 6.45) is 0. The number of rotatable bonds is 3. The van der Waals surface area contributed by atoms with Crippen LogP contribution in [0.5, 0.6) is 0 Å². The number of benzene rings is 1. The van der Waals surface area contributed by atoms with E-state index in [1.54, 1.807) is 0 Å². The fraction of sp³-hybridized carbons (Fsp3) is 0.333. The Kier molecular flexibility index (Phi) is 4.09. The van der Waals surface area contributed by atoms with Crippen LogP contribution in [-0.4, -0.2) is 16.0 Å². The van der Waals surface area contributed by atoms with Crippen molar-refractivity contribution in [2.24, 2.45) is 5.73 Å². The lowest BCUT2D eigenvalue weighted by Gasteiger charge is -2.08. The molecule has 0 spiro atoms. The Hall–Kier alpha value is -0.190. The Morgan fingerprint density at radius 1 is 1.62 bits per heavy atom. The Morgan fingerprint density at radius 3 is 2.85 bits per heavy atom. The molecule has 0 fully saturated rings. The Bertz CT molecular complexity index is 316. The molecule has 0 heterocycles. The summed E-state index contributed by atoms with van der Waals surface area (Å²) in [5, 5.41) is 0.00861. The molecule has 0 saturated heterocycles. The summed E-state index contributed by atoms with van der Waals surface area (Å²) in [4.78, 5) is 0.826. The molecule has 13 heavy (non-hydrogen) atoms. The van der Waals surface area contributed by atoms with Gasteiger partial charge >= 0.3 is 0 Å². The van der Waals surface area contributed by atoms with E-state index in [4.69, 9.17) is 5.73 Å². The maximum absolute atomic E-state index is 11.7. The van der Waals surface area contributed by atoms with Gasteiger partial charge in [0.1, 0.15) is 0 Å². The average molecular weight is 262 g/mol. The molecule has 0 aliphatic carbocycles. The second-order valence-electron chi connectivity index (χ2n) is 2.80. The van der Waals surface area contributed by atoms with E-state index in [1.807, 2.05) is 31.2 Å². The van der Waals surface area contributed by atoms with E-state index in [-0.39, 0.29) is 5.25 Å². The van der Waals surface area contributed by atoms with Crippen LogP contribution in [0, 0.1) is 0 Å². The molecule has 0 saturated carbocycles. The lowest BCUT2D eigenvalue weighted by Crippen LogP contribution is -2.21. The van der Waals surface area contributed by atoms with Crippen LogP contribution in [0.2, 0.25) is 0 Å². The minimum atomic E-state index is -0.993. The summed E-state index contributed by atoms with van der Waals surface area (Å²) in [5.74, 6) is 0. The van der Waals surface area contributed by atoms with Crippen LogP contribution in [0.1, 0.15) is 6.92 Å². The predicted octanol–water partition coefficient (Wildman–Crippen LogP) is 1.90. The quantitative estimate of drug-likeness (QED) is 0.904. The van der Waals surface area contributed by atoms with Crippen molar-refractivity contribution in [3.63, 3.8) is 0 Å². The number of hydrogen-bond acceptors (Lipinski definition) is 2. The second-order valence-corrected chi connectivity index (χ2v) is 5.59. The van der Waals surface area contributed by atoms with Gasteiger partial charge in [-0.2, -0.15) is 0 Å². The van der Waals surface area contributed by atoms with Crippen molar-refractivity contribution in [2.75, 3.05) is 6.54 Å². The van der Waals surface area contributed by atoms with Crippen LogP contribution in [0.15, 0.2) is 33.6 Å². The van der Waals surface area contributed by atoms with E-state index in [0.717, 1.165) is 9.37 Å². The average Bonchev–Trinajstić information content (AvgIpc) is 2.15. The molecule has 1 aromatic carbocycles. The molecule has 0 amide bonds. The molecule has 0 aromatic heterocycles. The summed E-state index contributed by atoms with van der Waals surface area (Å²) in [6, 6.07) is 7.50. The Morgan fingerprint density at radius 2 is 2.31 bits per heavy atom. The summed E-state index contributed by atoms with van der Waals surface area (Å²) in [5.41, 5.74) is 5.44. The molecule has 1 aromatic rings. The zero-order chi connectivity index (χ0) is 9.84. The first-order valence-corrected chi connectivity index (χ1v) is 6.02. The first-order chi connectivity index (χ1) is 6.15. The summed E-state index contributed by atoms with van der Waals surface area (Å²) >= 11 is 3.34. The summed E-state index contributed by atoms with van der Waals surface area (Å²) < 4.78 is 12.7. The van der Waals surface area contributed by atoms with Crippen molar-refractivity contribution in [2.45, 2.75) is 17.1 Å². The minimum absolute atomic E-state index is 0.00861. The number of halogens is 1. The summed E-state index contributed by atoms with van der Waals surface area (Å²) in [6.45, 7) is 2.33. The van der Waals surface area contributed by atoms with Crippen molar-refractivity contribution >= 4 is 26.7 Å². The van der Waals surface area contributed by atoms with Crippen molar-refractivity contribution in [1.29, 1.82) is 0 Å². The van der Waals surface area contributed by atoms with Gasteiger partial charge in [-0.25, -0.2) is 0 Å². The normalized spacial score (nSPS) is 15.3. The fourth-order valence-electron chi connectivity index (χ4n) is 0.912. The van der Waals surface area contributed by atoms with Crippen molar-refractivity contribution in [3.8, 4) is 0 Å². The van der Waals surface area contributed by atoms with Gasteiger partial charge in [0, 0.05) is 21.2 Å². The minimum Gasteiger partial charge on any atom is -0.329 e. The Labute approximate surface area is 89.1 Å². The van der Waals surface area contributed by atoms with Crippen LogP contribution in [0.4, 0.5) is 0 Å². The highest BCUT2D eigenvalue weighted by Gasteiger charge is 2.11. The third-order valence-electron chi connectivity index (χ3n) is 1.73. The highest BCUT2D eigenvalue weighted by Crippen LogP contribution is 2.16. The van der Waals surface area contributed by atoms with Gasteiger partial charge in [0.2, 0.25) is 0 Å². The topological polar surface area (TPSA) is 43.1 Å². The smallest absolute Gasteiger partial charge is 0.0571 e. The lowest BCUT2D eigenvalue weighted by molar-refractivity contribution is 0.673. The van der Waals surface area contributed by atoms with Crippen LogP contribution < -0.4 is 5.73 Å². The third-order valence-corrected chi connectivity index (χ3v) is 3.86. The fourth-order valence-corrected chi connectivity index (χ4v) is 2.56. The molecular formula is C9H12BrNOS.